The summed E-state index contributed by atoms with van der Waals surface area (Å²) in [4.78, 5) is 27.5. The predicted molar refractivity (Wildman–Crippen MR) is 136 cm³/mol. The lowest BCUT2D eigenvalue weighted by Crippen LogP contribution is -2.37. The monoisotopic (exact) mass is 548 g/mol. The zero-order chi connectivity index (χ0) is 27.5. The summed E-state index contributed by atoms with van der Waals surface area (Å²) in [6, 6.07) is 2.38. The minimum absolute atomic E-state index is 0.0675. The summed E-state index contributed by atoms with van der Waals surface area (Å²) in [7, 11) is 1.63. The Kier molecular flexibility index (Phi) is 6.21. The van der Waals surface area contributed by atoms with Gasteiger partial charge in [-0.25, -0.2) is 23.7 Å². The first-order valence-corrected chi connectivity index (χ1v) is 12.3. The molecule has 0 bridgehead atoms. The number of amides is 1. The Morgan fingerprint density at radius 2 is 2.00 bits per heavy atom. The van der Waals surface area contributed by atoms with Crippen LogP contribution in [0.1, 0.15) is 18.9 Å². The zero-order valence-electron chi connectivity index (χ0n) is 20.2. The van der Waals surface area contributed by atoms with Crippen molar-refractivity contribution in [2.45, 2.75) is 31.6 Å². The van der Waals surface area contributed by atoms with Gasteiger partial charge in [-0.15, -0.1) is 0 Å². The number of nitrogen functional groups attached to an aromatic ring is 1. The van der Waals surface area contributed by atoms with Gasteiger partial charge in [0.1, 0.15) is 23.5 Å². The van der Waals surface area contributed by atoms with Crippen LogP contribution >= 0.6 is 11.3 Å². The maximum Gasteiger partial charge on any atom is 0.417 e. The van der Waals surface area contributed by atoms with Crippen LogP contribution in [0.15, 0.2) is 37.2 Å². The van der Waals surface area contributed by atoms with Gasteiger partial charge in [0.15, 0.2) is 10.9 Å². The van der Waals surface area contributed by atoms with Crippen molar-refractivity contribution in [2.75, 3.05) is 24.2 Å². The average Bonchev–Trinajstić information content (AvgIpc) is 3.46. The van der Waals surface area contributed by atoms with Gasteiger partial charge in [0.25, 0.3) is 0 Å². The number of halogens is 5. The second-order valence-electron chi connectivity index (χ2n) is 9.07. The minimum atomic E-state index is -4.98. The molecule has 2 N–H and O–H groups in total. The fourth-order valence-corrected chi connectivity index (χ4v) is 5.75. The number of nitrogens with two attached hydrogens (primary N) is 1. The molecule has 3 heterocycles. The Morgan fingerprint density at radius 1 is 1.26 bits per heavy atom. The van der Waals surface area contributed by atoms with E-state index in [9.17, 15) is 22.4 Å². The molecule has 1 saturated heterocycles. The molecule has 0 spiro atoms. The van der Waals surface area contributed by atoms with Gasteiger partial charge < -0.3 is 15.5 Å². The van der Waals surface area contributed by atoms with Gasteiger partial charge in [0.05, 0.1) is 15.8 Å². The molecule has 5 rings (SSSR count). The number of likely N-dealkylation sites (tertiary alicyclic amines) is 1. The third-order valence-electron chi connectivity index (χ3n) is 6.83. The predicted octanol–water partition coefficient (Wildman–Crippen LogP) is 5.40. The lowest BCUT2D eigenvalue weighted by Gasteiger charge is -2.27. The van der Waals surface area contributed by atoms with Crippen molar-refractivity contribution in [1.82, 2.24) is 19.9 Å². The second-order valence-corrected chi connectivity index (χ2v) is 10.1. The van der Waals surface area contributed by atoms with Crippen LogP contribution in [0.2, 0.25) is 0 Å². The number of aromatic nitrogens is 3. The first-order valence-electron chi connectivity index (χ1n) is 11.5. The van der Waals surface area contributed by atoms with Gasteiger partial charge in [-0.3, -0.25) is 4.79 Å². The molecular formula is C25H21F5N6OS. The molecule has 4 aromatic rings. The summed E-state index contributed by atoms with van der Waals surface area (Å²) in [6.07, 6.45) is -2.19. The van der Waals surface area contributed by atoms with Gasteiger partial charge in [-0.1, -0.05) is 17.9 Å². The standard InChI is InChI=1S/C25H21F5N6OS/c1-4-17(37)36-9-12(7-11(36)2)35(3)23-14-8-15(25(28,29)30)18(19(27)20(14)32-10-33-23)13-5-6-16(26)22-21(13)34-24(31)38-22/h4-6,8,10-12H,1,7,9H2,2-3H3,(H2,31,34)/t11-,12-/m1/s1. The molecule has 7 nitrogen and oxygen atoms in total. The normalized spacial score (nSPS) is 17.9. The highest BCUT2D eigenvalue weighted by Crippen LogP contribution is 2.45. The van der Waals surface area contributed by atoms with Gasteiger partial charge in [0, 0.05) is 42.2 Å². The van der Waals surface area contributed by atoms with Crippen LogP contribution in [0.5, 0.6) is 0 Å². The zero-order valence-corrected chi connectivity index (χ0v) is 21.0. The summed E-state index contributed by atoms with van der Waals surface area (Å²) < 4.78 is 73.5. The fraction of sp³-hybridized carbons (Fsp3) is 0.280. The summed E-state index contributed by atoms with van der Waals surface area (Å²) >= 11 is 0.756. The van der Waals surface area contributed by atoms with E-state index in [1.807, 2.05) is 6.92 Å². The Balaban J connectivity index is 1.71. The number of likely N-dealkylation sites (N-methyl/N-ethyl adjacent to an activating group) is 1. The highest BCUT2D eigenvalue weighted by molar-refractivity contribution is 7.22. The van der Waals surface area contributed by atoms with E-state index < -0.39 is 28.9 Å². The van der Waals surface area contributed by atoms with Crippen LogP contribution in [0, 0.1) is 11.6 Å². The van der Waals surface area contributed by atoms with E-state index >= 15 is 4.39 Å². The lowest BCUT2D eigenvalue weighted by atomic mass is 9.95. The van der Waals surface area contributed by atoms with Crippen molar-refractivity contribution >= 4 is 49.3 Å². The average molecular weight is 549 g/mol. The smallest absolute Gasteiger partial charge is 0.375 e. The Morgan fingerprint density at radius 3 is 2.68 bits per heavy atom. The molecule has 1 aliphatic rings. The number of hydrogen-bond acceptors (Lipinski definition) is 7. The molecule has 13 heteroatoms. The maximum atomic E-state index is 16.1. The minimum Gasteiger partial charge on any atom is -0.375 e. The molecule has 38 heavy (non-hydrogen) atoms. The van der Waals surface area contributed by atoms with Crippen molar-refractivity contribution in [3.8, 4) is 11.1 Å². The van der Waals surface area contributed by atoms with Crippen LogP contribution in [0.3, 0.4) is 0 Å². The molecule has 2 aromatic heterocycles. The van der Waals surface area contributed by atoms with E-state index in [2.05, 4.69) is 21.5 Å². The quantitative estimate of drug-likeness (QED) is 0.272. The first kappa shape index (κ1) is 25.8. The molecule has 0 radical (unpaired) electrons. The molecule has 0 saturated carbocycles. The van der Waals surface area contributed by atoms with Gasteiger partial charge in [-0.2, -0.15) is 13.2 Å². The number of fused-ring (bicyclic) bond motifs is 2. The van der Waals surface area contributed by atoms with E-state index in [0.717, 1.165) is 35.9 Å². The SMILES string of the molecule is C=CC(=O)N1C[C@H](N(C)c2ncnc3c(F)c(-c4ccc(F)c5sc(N)nc45)c(C(F)(F)F)cc23)C[C@H]1C. The summed E-state index contributed by atoms with van der Waals surface area (Å²) in [5.41, 5.74) is 2.84. The molecule has 0 aliphatic carbocycles. The number of hydrogen-bond donors (Lipinski definition) is 1. The van der Waals surface area contributed by atoms with Gasteiger partial charge in [0.2, 0.25) is 5.91 Å². The summed E-state index contributed by atoms with van der Waals surface area (Å²) in [6.45, 7) is 5.65. The fourth-order valence-electron chi connectivity index (χ4n) is 4.99. The van der Waals surface area contributed by atoms with Crippen LogP contribution < -0.4 is 10.6 Å². The number of alkyl halides is 3. The van der Waals surface area contributed by atoms with Crippen molar-refractivity contribution in [3.05, 3.63) is 54.4 Å². The van der Waals surface area contributed by atoms with Crippen molar-refractivity contribution < 1.29 is 26.7 Å². The number of thiazole rings is 1. The second kappa shape index (κ2) is 9.15. The van der Waals surface area contributed by atoms with Crippen molar-refractivity contribution in [1.29, 1.82) is 0 Å². The van der Waals surface area contributed by atoms with E-state index in [-0.39, 0.29) is 55.6 Å². The first-order chi connectivity index (χ1) is 17.9. The largest absolute Gasteiger partial charge is 0.417 e. The van der Waals surface area contributed by atoms with Crippen LogP contribution in [-0.2, 0) is 11.0 Å². The van der Waals surface area contributed by atoms with E-state index in [1.165, 1.54) is 6.08 Å². The maximum absolute atomic E-state index is 16.1. The number of carbonyl (C=O) groups is 1. The number of nitrogens with zero attached hydrogens (tertiary/aromatic N) is 5. The summed E-state index contributed by atoms with van der Waals surface area (Å²) in [5.74, 6) is -2.15. The Hall–Kier alpha value is -3.87. The molecule has 2 aromatic carbocycles. The van der Waals surface area contributed by atoms with Crippen LogP contribution in [0.25, 0.3) is 32.2 Å². The lowest BCUT2D eigenvalue weighted by molar-refractivity contribution is -0.137. The highest BCUT2D eigenvalue weighted by Gasteiger charge is 2.39. The Labute approximate surface area is 217 Å². The molecular weight excluding hydrogens is 527 g/mol. The Bertz CT molecular complexity index is 1600. The molecule has 0 unspecified atom stereocenters. The van der Waals surface area contributed by atoms with E-state index in [0.29, 0.717) is 13.0 Å². The number of benzene rings is 2. The summed E-state index contributed by atoms with van der Waals surface area (Å²) in [5, 5.41) is -0.219. The van der Waals surface area contributed by atoms with Crippen molar-refractivity contribution in [2.24, 2.45) is 0 Å². The highest BCUT2D eigenvalue weighted by atomic mass is 32.1. The number of anilines is 2. The number of carbonyl (C=O) groups excluding carboxylic acids is 1. The molecule has 1 fully saturated rings. The third kappa shape index (κ3) is 4.10. The van der Waals surface area contributed by atoms with E-state index in [4.69, 9.17) is 5.73 Å². The topological polar surface area (TPSA) is 88.2 Å². The molecule has 1 aliphatic heterocycles. The van der Waals surface area contributed by atoms with Crippen LogP contribution in [-0.4, -0.2) is 51.4 Å². The van der Waals surface area contributed by atoms with Crippen molar-refractivity contribution in [3.63, 3.8) is 0 Å². The molecule has 1 amide bonds. The van der Waals surface area contributed by atoms with Crippen LogP contribution in [0.4, 0.5) is 32.9 Å². The molecule has 2 atom stereocenters. The van der Waals surface area contributed by atoms with Gasteiger partial charge >= 0.3 is 6.18 Å². The molecule has 198 valence electrons. The third-order valence-corrected chi connectivity index (χ3v) is 7.72. The number of rotatable bonds is 4. The van der Waals surface area contributed by atoms with Gasteiger partial charge in [-0.05, 0) is 37.6 Å². The van der Waals surface area contributed by atoms with E-state index in [1.54, 1.807) is 16.8 Å².